The van der Waals surface area contributed by atoms with Gasteiger partial charge in [0.05, 0.1) is 17.5 Å². The van der Waals surface area contributed by atoms with Crippen LogP contribution < -0.4 is 21.1 Å². The van der Waals surface area contributed by atoms with Crippen molar-refractivity contribution in [1.82, 2.24) is 9.97 Å². The summed E-state index contributed by atoms with van der Waals surface area (Å²) in [5.41, 5.74) is 17.4. The molecule has 1 heterocycles. The van der Waals surface area contributed by atoms with Crippen LogP contribution in [0, 0.1) is 0 Å². The first kappa shape index (κ1) is 23.0. The fourth-order valence-corrected chi connectivity index (χ4v) is 5.62. The van der Waals surface area contributed by atoms with E-state index in [2.05, 4.69) is 47.9 Å². The minimum Gasteiger partial charge on any atom is -0.488 e. The Morgan fingerprint density at radius 3 is 2.62 bits per heavy atom. The van der Waals surface area contributed by atoms with Crippen LogP contribution in [0.1, 0.15) is 50.7 Å². The Morgan fingerprint density at radius 2 is 1.94 bits per heavy atom. The van der Waals surface area contributed by atoms with E-state index in [9.17, 15) is 4.21 Å². The number of hydrogen-bond donors (Lipinski definition) is 2. The largest absolute Gasteiger partial charge is 0.488 e. The average Bonchev–Trinajstić information content (AvgIpc) is 2.73. The first-order valence-corrected chi connectivity index (χ1v) is 13.1. The summed E-state index contributed by atoms with van der Waals surface area (Å²) >= 11 is 0. The molecular formula is C24H35N5O2S. The highest BCUT2D eigenvalue weighted by Crippen LogP contribution is 2.49. The normalized spacial score (nSPS) is 22.5. The lowest BCUT2D eigenvalue weighted by Gasteiger charge is -2.37. The minimum atomic E-state index is -0.867. The van der Waals surface area contributed by atoms with Gasteiger partial charge >= 0.3 is 0 Å². The third kappa shape index (κ3) is 4.48. The molecule has 1 saturated carbocycles. The summed E-state index contributed by atoms with van der Waals surface area (Å²) in [5, 5.41) is 0. The number of hydrogen-bond acceptors (Lipinski definition) is 7. The quantitative estimate of drug-likeness (QED) is 0.686. The average molecular weight is 458 g/mol. The van der Waals surface area contributed by atoms with Gasteiger partial charge in [0.2, 0.25) is 0 Å². The molecule has 0 amide bonds. The highest BCUT2D eigenvalue weighted by molar-refractivity contribution is 7.84. The van der Waals surface area contributed by atoms with Crippen molar-refractivity contribution < 1.29 is 8.95 Å². The summed E-state index contributed by atoms with van der Waals surface area (Å²) in [6.07, 6.45) is 8.18. The van der Waals surface area contributed by atoms with Crippen LogP contribution in [0.15, 0.2) is 18.5 Å². The molecule has 174 valence electrons. The maximum absolute atomic E-state index is 11.8. The standard InChI is InChI=1S/C24H35N5O2S/c1-24(2)13-18-17(21-20(24)23(26)28-14-27-21)9-10-19(22(18)29(3)11-12-32(4)30)31-16-7-5-15(25)6-8-16/h9-10,14-16H,5-8,11-13,25H2,1-4H3,(H2,26,27,28). The summed E-state index contributed by atoms with van der Waals surface area (Å²) in [4.78, 5) is 11.1. The molecule has 1 aromatic carbocycles. The second-order valence-corrected chi connectivity index (χ2v) is 11.4. The SMILES string of the molecule is CN(CCS(C)=O)c1c(OC2CCC(N)CC2)ccc2c1CC(C)(C)c1c(N)ncnc1-2. The molecule has 32 heavy (non-hydrogen) atoms. The maximum Gasteiger partial charge on any atom is 0.143 e. The van der Waals surface area contributed by atoms with Crippen molar-refractivity contribution in [3.8, 4) is 17.0 Å². The molecule has 2 aliphatic rings. The van der Waals surface area contributed by atoms with Crippen LogP contribution in [0.4, 0.5) is 11.5 Å². The van der Waals surface area contributed by atoms with Gasteiger partial charge in [0, 0.05) is 53.6 Å². The van der Waals surface area contributed by atoms with Crippen molar-refractivity contribution in [1.29, 1.82) is 0 Å². The summed E-state index contributed by atoms with van der Waals surface area (Å²) in [7, 11) is 1.19. The fourth-order valence-electron chi connectivity index (χ4n) is 5.09. The predicted molar refractivity (Wildman–Crippen MR) is 132 cm³/mol. The molecular weight excluding hydrogens is 422 g/mol. The molecule has 0 spiro atoms. The van der Waals surface area contributed by atoms with E-state index in [0.29, 0.717) is 18.1 Å². The van der Waals surface area contributed by atoms with E-state index < -0.39 is 10.8 Å². The number of nitrogens with two attached hydrogens (primary N) is 2. The van der Waals surface area contributed by atoms with E-state index in [1.165, 1.54) is 5.56 Å². The highest BCUT2D eigenvalue weighted by Gasteiger charge is 2.37. The van der Waals surface area contributed by atoms with Crippen molar-refractivity contribution in [2.75, 3.05) is 36.2 Å². The zero-order chi connectivity index (χ0) is 23.0. The van der Waals surface area contributed by atoms with Gasteiger partial charge < -0.3 is 21.1 Å². The smallest absolute Gasteiger partial charge is 0.143 e. The molecule has 1 atom stereocenters. The Hall–Kier alpha value is -2.19. The van der Waals surface area contributed by atoms with E-state index in [-0.39, 0.29) is 17.6 Å². The summed E-state index contributed by atoms with van der Waals surface area (Å²) in [6, 6.07) is 4.44. The Kier molecular flexibility index (Phi) is 6.45. The first-order valence-electron chi connectivity index (χ1n) is 11.4. The molecule has 8 heteroatoms. The van der Waals surface area contributed by atoms with Crippen molar-refractivity contribution in [2.45, 2.75) is 63.5 Å². The number of ether oxygens (including phenoxy) is 1. The van der Waals surface area contributed by atoms with Crippen LogP contribution >= 0.6 is 0 Å². The van der Waals surface area contributed by atoms with Crippen LogP contribution in [0.5, 0.6) is 5.75 Å². The first-order chi connectivity index (χ1) is 15.2. The van der Waals surface area contributed by atoms with Gasteiger partial charge in [0.15, 0.2) is 0 Å². The van der Waals surface area contributed by atoms with Gasteiger partial charge in [-0.15, -0.1) is 0 Å². The summed E-state index contributed by atoms with van der Waals surface area (Å²) < 4.78 is 18.4. The molecule has 1 aromatic heterocycles. The molecule has 0 bridgehead atoms. The van der Waals surface area contributed by atoms with E-state index in [1.54, 1.807) is 12.6 Å². The zero-order valence-electron chi connectivity index (χ0n) is 19.6. The highest BCUT2D eigenvalue weighted by atomic mass is 32.2. The van der Waals surface area contributed by atoms with E-state index in [0.717, 1.165) is 60.4 Å². The van der Waals surface area contributed by atoms with Gasteiger partial charge in [0.1, 0.15) is 17.9 Å². The van der Waals surface area contributed by atoms with Gasteiger partial charge in [-0.05, 0) is 55.2 Å². The predicted octanol–water partition coefficient (Wildman–Crippen LogP) is 3.02. The van der Waals surface area contributed by atoms with Gasteiger partial charge in [-0.2, -0.15) is 0 Å². The number of nitrogen functional groups attached to an aromatic ring is 1. The van der Waals surface area contributed by atoms with Crippen molar-refractivity contribution in [3.05, 3.63) is 29.6 Å². The molecule has 0 radical (unpaired) electrons. The molecule has 4 N–H and O–H groups in total. The Labute approximate surface area is 193 Å². The fraction of sp³-hybridized carbons (Fsp3) is 0.583. The number of aromatic nitrogens is 2. The van der Waals surface area contributed by atoms with Crippen LogP contribution in [0.2, 0.25) is 0 Å². The monoisotopic (exact) mass is 457 g/mol. The van der Waals surface area contributed by atoms with Gasteiger partial charge in [-0.3, -0.25) is 4.21 Å². The Morgan fingerprint density at radius 1 is 1.22 bits per heavy atom. The number of fused-ring (bicyclic) bond motifs is 3. The minimum absolute atomic E-state index is 0.169. The second kappa shape index (κ2) is 8.98. The zero-order valence-corrected chi connectivity index (χ0v) is 20.4. The van der Waals surface area contributed by atoms with E-state index in [1.807, 2.05) is 0 Å². The number of anilines is 2. The lowest BCUT2D eigenvalue weighted by Crippen LogP contribution is -2.33. The number of benzene rings is 1. The molecule has 1 unspecified atom stereocenters. The topological polar surface area (TPSA) is 107 Å². The van der Waals surface area contributed by atoms with Crippen LogP contribution in [-0.4, -0.2) is 51.9 Å². The van der Waals surface area contributed by atoms with E-state index in [4.69, 9.17) is 16.2 Å². The molecule has 0 saturated heterocycles. The lowest BCUT2D eigenvalue weighted by molar-refractivity contribution is 0.147. The molecule has 0 aliphatic heterocycles. The number of nitrogens with zero attached hydrogens (tertiary/aromatic N) is 3. The summed E-state index contributed by atoms with van der Waals surface area (Å²) in [6.45, 7) is 5.06. The van der Waals surface area contributed by atoms with Crippen molar-refractivity contribution >= 4 is 22.3 Å². The third-order valence-corrected chi connectivity index (χ3v) is 7.54. The van der Waals surface area contributed by atoms with Gasteiger partial charge in [-0.1, -0.05) is 13.8 Å². The van der Waals surface area contributed by atoms with Crippen LogP contribution in [0.3, 0.4) is 0 Å². The third-order valence-electron chi connectivity index (χ3n) is 6.78. The lowest BCUT2D eigenvalue weighted by atomic mass is 9.71. The van der Waals surface area contributed by atoms with Gasteiger partial charge in [0.25, 0.3) is 0 Å². The molecule has 4 rings (SSSR count). The Bertz CT molecular complexity index is 1020. The molecule has 2 aliphatic carbocycles. The van der Waals surface area contributed by atoms with Gasteiger partial charge in [-0.25, -0.2) is 9.97 Å². The number of rotatable bonds is 6. The van der Waals surface area contributed by atoms with Crippen molar-refractivity contribution in [2.24, 2.45) is 5.73 Å². The van der Waals surface area contributed by atoms with Crippen molar-refractivity contribution in [3.63, 3.8) is 0 Å². The van der Waals surface area contributed by atoms with E-state index >= 15 is 0 Å². The van der Waals surface area contributed by atoms with Crippen LogP contribution in [0.25, 0.3) is 11.3 Å². The molecule has 2 aromatic rings. The Balaban J connectivity index is 1.80. The molecule has 1 fully saturated rings. The molecule has 7 nitrogen and oxygen atoms in total. The summed E-state index contributed by atoms with van der Waals surface area (Å²) in [5.74, 6) is 2.03. The second-order valence-electron chi connectivity index (χ2n) is 9.84. The van der Waals surface area contributed by atoms with Crippen LogP contribution in [-0.2, 0) is 22.6 Å². The maximum atomic E-state index is 11.8.